The van der Waals surface area contributed by atoms with Crippen molar-refractivity contribution < 1.29 is 9.53 Å². The van der Waals surface area contributed by atoms with Crippen molar-refractivity contribution in [1.82, 2.24) is 4.90 Å². The maximum absolute atomic E-state index is 12.2. The molecule has 2 aromatic carbocycles. The summed E-state index contributed by atoms with van der Waals surface area (Å²) in [6.07, 6.45) is -0.603. The number of nitrogens with zero attached hydrogens (tertiary/aromatic N) is 2. The monoisotopic (exact) mass is 280 g/mol. The smallest absolute Gasteiger partial charge is 0.339 e. The van der Waals surface area contributed by atoms with Gasteiger partial charge in [-0.2, -0.15) is 5.26 Å². The van der Waals surface area contributed by atoms with Crippen molar-refractivity contribution in [2.45, 2.75) is 6.23 Å². The zero-order chi connectivity index (χ0) is 15.2. The van der Waals surface area contributed by atoms with Gasteiger partial charge in [-0.05, 0) is 32.3 Å². The fraction of sp³-hybridized carbons (Fsp3) is 0.176. The molecule has 21 heavy (non-hydrogen) atoms. The van der Waals surface area contributed by atoms with Crippen LogP contribution < -0.4 is 0 Å². The van der Waals surface area contributed by atoms with E-state index >= 15 is 0 Å². The molecule has 4 nitrogen and oxygen atoms in total. The molecule has 0 fully saturated rings. The minimum atomic E-state index is -0.603. The summed E-state index contributed by atoms with van der Waals surface area (Å²) in [5, 5.41) is 9.19. The normalized spacial score (nSPS) is 11.7. The molecular weight excluding hydrogens is 264 g/mol. The first-order valence-electron chi connectivity index (χ1n) is 6.55. The van der Waals surface area contributed by atoms with Crippen LogP contribution in [-0.2, 0) is 4.74 Å². The number of nitriles is 1. The number of benzene rings is 2. The highest BCUT2D eigenvalue weighted by atomic mass is 16.6. The summed E-state index contributed by atoms with van der Waals surface area (Å²) in [5.41, 5.74) is 1.66. The molecule has 1 unspecified atom stereocenters. The minimum Gasteiger partial charge on any atom is -0.438 e. The molecule has 0 aliphatic carbocycles. The van der Waals surface area contributed by atoms with Crippen molar-refractivity contribution in [2.75, 3.05) is 14.1 Å². The Morgan fingerprint density at radius 2 is 1.71 bits per heavy atom. The van der Waals surface area contributed by atoms with Crippen molar-refractivity contribution in [3.8, 4) is 6.07 Å². The number of carbonyl (C=O) groups excluding carboxylic acids is 1. The molecule has 2 aromatic rings. The summed E-state index contributed by atoms with van der Waals surface area (Å²) < 4.78 is 5.56. The Bertz CT molecular complexity index is 660. The van der Waals surface area contributed by atoms with Crippen molar-refractivity contribution in [3.63, 3.8) is 0 Å². The van der Waals surface area contributed by atoms with Crippen LogP contribution in [0, 0.1) is 11.3 Å². The molecule has 0 aromatic heterocycles. The van der Waals surface area contributed by atoms with Crippen molar-refractivity contribution in [2.24, 2.45) is 0 Å². The van der Waals surface area contributed by atoms with E-state index < -0.39 is 12.2 Å². The summed E-state index contributed by atoms with van der Waals surface area (Å²) >= 11 is 0. The fourth-order valence-electron chi connectivity index (χ4n) is 2.00. The summed E-state index contributed by atoms with van der Waals surface area (Å²) in [7, 11) is 3.61. The molecule has 0 heterocycles. The van der Waals surface area contributed by atoms with Gasteiger partial charge in [0, 0.05) is 5.56 Å². The summed E-state index contributed by atoms with van der Waals surface area (Å²) in [6, 6.07) is 18.0. The lowest BCUT2D eigenvalue weighted by Crippen LogP contribution is -2.26. The highest BCUT2D eigenvalue weighted by molar-refractivity contribution is 5.89. The Morgan fingerprint density at radius 3 is 2.33 bits per heavy atom. The zero-order valence-electron chi connectivity index (χ0n) is 12.0. The van der Waals surface area contributed by atoms with E-state index in [0.717, 1.165) is 0 Å². The number of esters is 1. The maximum Gasteiger partial charge on any atom is 0.339 e. The second-order valence-corrected chi connectivity index (χ2v) is 4.79. The van der Waals surface area contributed by atoms with Crippen LogP contribution in [0.2, 0.25) is 0 Å². The Kier molecular flexibility index (Phi) is 4.70. The minimum absolute atomic E-state index is 0.415. The van der Waals surface area contributed by atoms with Crippen molar-refractivity contribution in [3.05, 3.63) is 71.3 Å². The van der Waals surface area contributed by atoms with Gasteiger partial charge in [0.15, 0.2) is 6.23 Å². The van der Waals surface area contributed by atoms with Gasteiger partial charge in [-0.1, -0.05) is 36.4 Å². The van der Waals surface area contributed by atoms with Crippen LogP contribution in [0.5, 0.6) is 0 Å². The standard InChI is InChI=1S/C17H16N2O2/c1-19(2)16(15-11-7-6-10-14(15)12-18)21-17(20)13-8-4-3-5-9-13/h3-11,16H,1-2H3. The maximum atomic E-state index is 12.2. The molecule has 1 atom stereocenters. The van der Waals surface area contributed by atoms with E-state index in [4.69, 9.17) is 4.74 Å². The quantitative estimate of drug-likeness (QED) is 0.638. The van der Waals surface area contributed by atoms with E-state index in [1.54, 1.807) is 61.5 Å². The third kappa shape index (κ3) is 3.47. The Morgan fingerprint density at radius 1 is 1.10 bits per heavy atom. The van der Waals surface area contributed by atoms with Crippen LogP contribution >= 0.6 is 0 Å². The second kappa shape index (κ2) is 6.69. The molecule has 0 N–H and O–H groups in total. The van der Waals surface area contributed by atoms with Gasteiger partial charge in [0.25, 0.3) is 0 Å². The molecule has 2 rings (SSSR count). The Balaban J connectivity index is 2.29. The summed E-state index contributed by atoms with van der Waals surface area (Å²) in [4.78, 5) is 14.0. The molecule has 0 aliphatic rings. The van der Waals surface area contributed by atoms with E-state index in [-0.39, 0.29) is 0 Å². The number of ether oxygens (including phenoxy) is 1. The highest BCUT2D eigenvalue weighted by Gasteiger charge is 2.22. The number of hydrogen-bond donors (Lipinski definition) is 0. The lowest BCUT2D eigenvalue weighted by atomic mass is 10.1. The van der Waals surface area contributed by atoms with Crippen LogP contribution in [0.4, 0.5) is 0 Å². The molecule has 0 amide bonds. The average molecular weight is 280 g/mol. The fourth-order valence-corrected chi connectivity index (χ4v) is 2.00. The van der Waals surface area contributed by atoms with Crippen molar-refractivity contribution >= 4 is 5.97 Å². The number of carbonyl (C=O) groups is 1. The van der Waals surface area contributed by atoms with Gasteiger partial charge in [-0.3, -0.25) is 4.90 Å². The van der Waals surface area contributed by atoms with E-state index in [1.165, 1.54) is 0 Å². The van der Waals surface area contributed by atoms with Gasteiger partial charge in [-0.15, -0.1) is 0 Å². The highest BCUT2D eigenvalue weighted by Crippen LogP contribution is 2.24. The largest absolute Gasteiger partial charge is 0.438 e. The van der Waals surface area contributed by atoms with E-state index in [0.29, 0.717) is 16.7 Å². The second-order valence-electron chi connectivity index (χ2n) is 4.79. The topological polar surface area (TPSA) is 53.3 Å². The van der Waals surface area contributed by atoms with Gasteiger partial charge in [0.1, 0.15) is 0 Å². The molecular formula is C17H16N2O2. The van der Waals surface area contributed by atoms with Crippen LogP contribution in [0.1, 0.15) is 27.7 Å². The SMILES string of the molecule is CN(C)C(OC(=O)c1ccccc1)c1ccccc1C#N. The summed E-state index contributed by atoms with van der Waals surface area (Å²) in [6.45, 7) is 0. The first-order chi connectivity index (χ1) is 10.1. The molecule has 0 saturated heterocycles. The van der Waals surface area contributed by atoms with E-state index in [2.05, 4.69) is 6.07 Å². The van der Waals surface area contributed by atoms with Crippen molar-refractivity contribution in [1.29, 1.82) is 5.26 Å². The van der Waals surface area contributed by atoms with Gasteiger partial charge in [-0.25, -0.2) is 4.79 Å². The first-order valence-corrected chi connectivity index (χ1v) is 6.55. The van der Waals surface area contributed by atoms with Crippen LogP contribution in [-0.4, -0.2) is 25.0 Å². The van der Waals surface area contributed by atoms with Gasteiger partial charge >= 0.3 is 5.97 Å². The van der Waals surface area contributed by atoms with Crippen LogP contribution in [0.15, 0.2) is 54.6 Å². The Labute approximate surface area is 124 Å². The molecule has 4 heteroatoms. The third-order valence-corrected chi connectivity index (χ3v) is 3.04. The molecule has 0 aliphatic heterocycles. The number of rotatable bonds is 4. The molecule has 0 bridgehead atoms. The predicted molar refractivity (Wildman–Crippen MR) is 79.4 cm³/mol. The first kappa shape index (κ1) is 14.8. The molecule has 0 saturated carbocycles. The molecule has 0 radical (unpaired) electrons. The lowest BCUT2D eigenvalue weighted by Gasteiger charge is -2.25. The van der Waals surface area contributed by atoms with Crippen LogP contribution in [0.25, 0.3) is 0 Å². The number of hydrogen-bond acceptors (Lipinski definition) is 4. The average Bonchev–Trinajstić information content (AvgIpc) is 2.53. The van der Waals surface area contributed by atoms with E-state index in [1.807, 2.05) is 12.1 Å². The predicted octanol–water partition coefficient (Wildman–Crippen LogP) is 2.98. The summed E-state index contributed by atoms with van der Waals surface area (Å²) in [5.74, 6) is -0.415. The molecule has 0 spiro atoms. The van der Waals surface area contributed by atoms with E-state index in [9.17, 15) is 10.1 Å². The zero-order valence-corrected chi connectivity index (χ0v) is 12.0. The van der Waals surface area contributed by atoms with Crippen LogP contribution in [0.3, 0.4) is 0 Å². The van der Waals surface area contributed by atoms with Gasteiger partial charge in [0.2, 0.25) is 0 Å². The van der Waals surface area contributed by atoms with Gasteiger partial charge in [0.05, 0.1) is 17.2 Å². The lowest BCUT2D eigenvalue weighted by molar-refractivity contribution is -0.0158. The third-order valence-electron chi connectivity index (χ3n) is 3.04. The molecule has 106 valence electrons. The Hall–Kier alpha value is -2.64. The van der Waals surface area contributed by atoms with Gasteiger partial charge < -0.3 is 4.74 Å².